The van der Waals surface area contributed by atoms with E-state index < -0.39 is 0 Å². The monoisotopic (exact) mass is 256 g/mol. The Labute approximate surface area is 105 Å². The van der Waals surface area contributed by atoms with Crippen molar-refractivity contribution in [3.05, 3.63) is 17.8 Å². The van der Waals surface area contributed by atoms with Gasteiger partial charge in [0.2, 0.25) is 0 Å². The second-order valence-corrected chi connectivity index (χ2v) is 4.91. The Balaban J connectivity index is 2.69. The Morgan fingerprint density at radius 1 is 1.69 bits per heavy atom. The van der Waals surface area contributed by atoms with Crippen LogP contribution in [0.25, 0.3) is 0 Å². The van der Waals surface area contributed by atoms with Gasteiger partial charge in [-0.2, -0.15) is 16.9 Å². The smallest absolute Gasteiger partial charge is 0.159 e. The van der Waals surface area contributed by atoms with Gasteiger partial charge in [0.05, 0.1) is 11.8 Å². The van der Waals surface area contributed by atoms with Crippen LogP contribution in [0.3, 0.4) is 0 Å². The van der Waals surface area contributed by atoms with Crippen LogP contribution in [-0.2, 0) is 0 Å². The van der Waals surface area contributed by atoms with E-state index >= 15 is 0 Å². The molecule has 1 rings (SSSR count). The maximum Gasteiger partial charge on any atom is 0.159 e. The van der Waals surface area contributed by atoms with Crippen LogP contribution in [0, 0.1) is 0 Å². The van der Waals surface area contributed by atoms with Gasteiger partial charge >= 0.3 is 0 Å². The molecule has 0 fully saturated rings. The summed E-state index contributed by atoms with van der Waals surface area (Å²) in [7, 11) is 0. The van der Waals surface area contributed by atoms with Crippen LogP contribution in [0.5, 0.6) is 0 Å². The van der Waals surface area contributed by atoms with Crippen LogP contribution in [0.1, 0.15) is 18.9 Å². The lowest BCUT2D eigenvalue weighted by molar-refractivity contribution is 0.762. The average Bonchev–Trinajstić information content (AvgIpc) is 2.27. The number of nitrogens with zero attached hydrogens (tertiary/aromatic N) is 2. The second kappa shape index (κ2) is 6.65. The van der Waals surface area contributed by atoms with Crippen molar-refractivity contribution in [1.29, 1.82) is 0 Å². The molecule has 0 aromatic carbocycles. The van der Waals surface area contributed by atoms with E-state index in [1.807, 2.05) is 11.8 Å². The Morgan fingerprint density at radius 3 is 3.06 bits per heavy atom. The van der Waals surface area contributed by atoms with Crippen molar-refractivity contribution < 1.29 is 0 Å². The summed E-state index contributed by atoms with van der Waals surface area (Å²) in [5.74, 6) is 1.78. The molecule has 1 aromatic heterocycles. The molecule has 0 saturated carbocycles. The molecule has 0 saturated heterocycles. The number of thioether (sulfide) groups is 1. The molecule has 16 heavy (non-hydrogen) atoms. The van der Waals surface area contributed by atoms with Crippen LogP contribution < -0.4 is 11.1 Å². The van der Waals surface area contributed by atoms with E-state index in [4.69, 9.17) is 18.0 Å². The number of anilines is 1. The maximum atomic E-state index is 5.61. The van der Waals surface area contributed by atoms with Gasteiger partial charge in [-0.05, 0) is 31.4 Å². The van der Waals surface area contributed by atoms with Crippen molar-refractivity contribution in [3.63, 3.8) is 0 Å². The molecule has 0 radical (unpaired) electrons. The lowest BCUT2D eigenvalue weighted by Crippen LogP contribution is -2.21. The third-order valence-electron chi connectivity index (χ3n) is 2.12. The van der Waals surface area contributed by atoms with E-state index in [-0.39, 0.29) is 0 Å². The first-order valence-electron chi connectivity index (χ1n) is 5.02. The predicted molar refractivity (Wildman–Crippen MR) is 74.0 cm³/mol. The number of hydrogen-bond donors (Lipinski definition) is 2. The first-order valence-corrected chi connectivity index (χ1v) is 6.82. The number of rotatable bonds is 6. The minimum atomic E-state index is 0.331. The zero-order chi connectivity index (χ0) is 12.0. The molecular weight excluding hydrogens is 240 g/mol. The largest absolute Gasteiger partial charge is 0.389 e. The highest BCUT2D eigenvalue weighted by atomic mass is 32.2. The molecule has 0 aliphatic heterocycles. The van der Waals surface area contributed by atoms with E-state index in [1.54, 1.807) is 12.3 Å². The number of hydrogen-bond acceptors (Lipinski definition) is 5. The van der Waals surface area contributed by atoms with E-state index in [0.717, 1.165) is 17.7 Å². The van der Waals surface area contributed by atoms with Gasteiger partial charge in [0.15, 0.2) is 5.82 Å². The highest BCUT2D eigenvalue weighted by Crippen LogP contribution is 2.13. The summed E-state index contributed by atoms with van der Waals surface area (Å²) in [6.45, 7) is 2.11. The van der Waals surface area contributed by atoms with Gasteiger partial charge in [-0.1, -0.05) is 12.2 Å². The van der Waals surface area contributed by atoms with E-state index in [0.29, 0.717) is 16.8 Å². The molecule has 1 heterocycles. The Morgan fingerprint density at radius 2 is 2.44 bits per heavy atom. The Hall–Kier alpha value is -0.880. The number of nitrogens with two attached hydrogens (primary N) is 1. The van der Waals surface area contributed by atoms with Gasteiger partial charge in [0.25, 0.3) is 0 Å². The summed E-state index contributed by atoms with van der Waals surface area (Å²) in [5.41, 5.74) is 6.36. The molecule has 88 valence electrons. The minimum Gasteiger partial charge on any atom is -0.389 e. The summed E-state index contributed by atoms with van der Waals surface area (Å²) in [6, 6.07) is 2.11. The normalized spacial score (nSPS) is 12.1. The van der Waals surface area contributed by atoms with Crippen molar-refractivity contribution in [1.82, 2.24) is 10.2 Å². The molecule has 0 bridgehead atoms. The van der Waals surface area contributed by atoms with Gasteiger partial charge in [-0.3, -0.25) is 0 Å². The quantitative estimate of drug-likeness (QED) is 0.755. The first kappa shape index (κ1) is 13.2. The van der Waals surface area contributed by atoms with Crippen molar-refractivity contribution in [3.8, 4) is 0 Å². The summed E-state index contributed by atoms with van der Waals surface area (Å²) < 4.78 is 0. The predicted octanol–water partition coefficient (Wildman–Crippen LogP) is 1.66. The SMILES string of the molecule is CSCCC(C)Nc1nnccc1C(N)=S. The molecule has 1 unspecified atom stereocenters. The summed E-state index contributed by atoms with van der Waals surface area (Å²) >= 11 is 6.78. The molecule has 0 amide bonds. The topological polar surface area (TPSA) is 63.8 Å². The molecule has 6 heteroatoms. The van der Waals surface area contributed by atoms with Gasteiger partial charge in [0, 0.05) is 6.04 Å². The van der Waals surface area contributed by atoms with Crippen LogP contribution >= 0.6 is 24.0 Å². The summed E-state index contributed by atoms with van der Waals surface area (Å²) in [4.78, 5) is 0.342. The van der Waals surface area contributed by atoms with Crippen LogP contribution in [0.2, 0.25) is 0 Å². The lowest BCUT2D eigenvalue weighted by atomic mass is 10.2. The zero-order valence-corrected chi connectivity index (χ0v) is 11.1. The van der Waals surface area contributed by atoms with E-state index in [2.05, 4.69) is 28.7 Å². The first-order chi connectivity index (χ1) is 7.65. The van der Waals surface area contributed by atoms with Gasteiger partial charge in [-0.25, -0.2) is 0 Å². The van der Waals surface area contributed by atoms with E-state index in [9.17, 15) is 0 Å². The molecule has 0 spiro atoms. The van der Waals surface area contributed by atoms with Crippen molar-refractivity contribution in [2.75, 3.05) is 17.3 Å². The number of thiocarbonyl (C=S) groups is 1. The average molecular weight is 256 g/mol. The lowest BCUT2D eigenvalue weighted by Gasteiger charge is -2.15. The van der Waals surface area contributed by atoms with Crippen molar-refractivity contribution in [2.45, 2.75) is 19.4 Å². The second-order valence-electron chi connectivity index (χ2n) is 3.48. The fourth-order valence-electron chi connectivity index (χ4n) is 1.24. The highest BCUT2D eigenvalue weighted by molar-refractivity contribution is 7.98. The Kier molecular flexibility index (Phi) is 5.48. The molecule has 1 atom stereocenters. The summed E-state index contributed by atoms with van der Waals surface area (Å²) in [5, 5.41) is 11.1. The number of nitrogens with one attached hydrogen (secondary N) is 1. The molecule has 0 aliphatic rings. The zero-order valence-electron chi connectivity index (χ0n) is 9.43. The van der Waals surface area contributed by atoms with Crippen LogP contribution in [0.4, 0.5) is 5.82 Å². The highest BCUT2D eigenvalue weighted by Gasteiger charge is 2.09. The fraction of sp³-hybridized carbons (Fsp3) is 0.500. The van der Waals surface area contributed by atoms with E-state index in [1.165, 1.54) is 0 Å². The third-order valence-corrected chi connectivity index (χ3v) is 2.99. The van der Waals surface area contributed by atoms with Crippen LogP contribution in [-0.4, -0.2) is 33.2 Å². The molecule has 0 aliphatic carbocycles. The standard InChI is InChI=1S/C10H16N4S2/c1-7(4-6-16-2)13-10-8(9(11)15)3-5-12-14-10/h3,5,7H,4,6H2,1-2H3,(H2,11,15)(H,13,14). The van der Waals surface area contributed by atoms with Gasteiger partial charge in [-0.15, -0.1) is 5.10 Å². The number of aromatic nitrogens is 2. The van der Waals surface area contributed by atoms with Gasteiger partial charge < -0.3 is 11.1 Å². The molecule has 1 aromatic rings. The fourth-order valence-corrected chi connectivity index (χ4v) is 1.99. The van der Waals surface area contributed by atoms with Gasteiger partial charge in [0.1, 0.15) is 4.99 Å². The maximum absolute atomic E-state index is 5.61. The molecule has 4 nitrogen and oxygen atoms in total. The molecular formula is C10H16N4S2. The Bertz CT molecular complexity index is 356. The third kappa shape index (κ3) is 3.94. The summed E-state index contributed by atoms with van der Waals surface area (Å²) in [6.07, 6.45) is 4.75. The van der Waals surface area contributed by atoms with Crippen LogP contribution in [0.15, 0.2) is 12.3 Å². The van der Waals surface area contributed by atoms with Crippen molar-refractivity contribution >= 4 is 34.8 Å². The van der Waals surface area contributed by atoms with Crippen molar-refractivity contribution in [2.24, 2.45) is 5.73 Å². The molecule has 3 N–H and O–H groups in total. The minimum absolute atomic E-state index is 0.331.